The second-order valence-corrected chi connectivity index (χ2v) is 11.1. The number of rotatable bonds is 6. The summed E-state index contributed by atoms with van der Waals surface area (Å²) in [4.78, 5) is 9.23. The van der Waals surface area contributed by atoms with Gasteiger partial charge in [0.1, 0.15) is 5.65 Å². The fourth-order valence-electron chi connectivity index (χ4n) is 4.09. The number of nitrogens with one attached hydrogen (secondary N) is 2. The Hall–Kier alpha value is -1.91. The van der Waals surface area contributed by atoms with E-state index in [1.807, 2.05) is 30.0 Å². The van der Waals surface area contributed by atoms with Crippen LogP contribution in [-0.4, -0.2) is 38.6 Å². The zero-order valence-electron chi connectivity index (χ0n) is 18.3. The second kappa shape index (κ2) is 10.6. The Morgan fingerprint density at radius 2 is 1.97 bits per heavy atom. The van der Waals surface area contributed by atoms with Crippen molar-refractivity contribution in [1.29, 1.82) is 0 Å². The predicted octanol–water partition coefficient (Wildman–Crippen LogP) is 6.76. The normalized spacial score (nSPS) is 16.1. The van der Waals surface area contributed by atoms with E-state index in [4.69, 9.17) is 28.2 Å². The Morgan fingerprint density at radius 3 is 2.69 bits per heavy atom. The number of hydrogen-bond acceptors (Lipinski definition) is 5. The van der Waals surface area contributed by atoms with Gasteiger partial charge in [-0.1, -0.05) is 35.3 Å². The lowest BCUT2D eigenvalue weighted by atomic mass is 10.1. The Morgan fingerprint density at radius 1 is 1.17 bits per heavy atom. The summed E-state index contributed by atoms with van der Waals surface area (Å²) in [7, 11) is 0. The van der Waals surface area contributed by atoms with Crippen molar-refractivity contribution >= 4 is 67.9 Å². The van der Waals surface area contributed by atoms with Crippen LogP contribution >= 0.6 is 50.9 Å². The molecule has 2 aromatic heterocycles. The SMILES string of the molecule is Fc1ccc(CNc2ncc3c(Br)c(-c4c(Cl)cccc4Cl)n(CC4CNCCS4)c3n2)cc1F. The summed E-state index contributed by atoms with van der Waals surface area (Å²) >= 11 is 18.9. The summed E-state index contributed by atoms with van der Waals surface area (Å²) in [6, 6.07) is 9.23. The van der Waals surface area contributed by atoms with Crippen LogP contribution in [0.5, 0.6) is 0 Å². The van der Waals surface area contributed by atoms with Crippen LogP contribution in [0.25, 0.3) is 22.3 Å². The highest BCUT2D eigenvalue weighted by atomic mass is 79.9. The molecule has 0 amide bonds. The zero-order chi connectivity index (χ0) is 24.5. The van der Waals surface area contributed by atoms with Crippen LogP contribution in [0.2, 0.25) is 10.0 Å². The van der Waals surface area contributed by atoms with Crippen LogP contribution in [0.15, 0.2) is 47.1 Å². The average Bonchev–Trinajstić information content (AvgIpc) is 3.11. The van der Waals surface area contributed by atoms with Gasteiger partial charge >= 0.3 is 0 Å². The van der Waals surface area contributed by atoms with Gasteiger partial charge in [-0.05, 0) is 45.8 Å². The molecule has 1 unspecified atom stereocenters. The molecule has 0 spiro atoms. The van der Waals surface area contributed by atoms with Crippen molar-refractivity contribution in [2.45, 2.75) is 18.3 Å². The van der Waals surface area contributed by atoms with E-state index in [2.05, 4.69) is 36.1 Å². The van der Waals surface area contributed by atoms with Gasteiger partial charge in [0, 0.05) is 48.9 Å². The van der Waals surface area contributed by atoms with Crippen LogP contribution in [0.1, 0.15) is 5.56 Å². The first kappa shape index (κ1) is 24.8. The van der Waals surface area contributed by atoms with Crippen LogP contribution < -0.4 is 10.6 Å². The Labute approximate surface area is 223 Å². The predicted molar refractivity (Wildman–Crippen MR) is 143 cm³/mol. The molecule has 35 heavy (non-hydrogen) atoms. The van der Waals surface area contributed by atoms with Crippen molar-refractivity contribution in [3.8, 4) is 11.3 Å². The van der Waals surface area contributed by atoms with Gasteiger partial charge < -0.3 is 15.2 Å². The van der Waals surface area contributed by atoms with E-state index in [9.17, 15) is 8.78 Å². The summed E-state index contributed by atoms with van der Waals surface area (Å²) < 4.78 is 29.8. The molecule has 0 aliphatic carbocycles. The number of halogens is 5. The van der Waals surface area contributed by atoms with Crippen molar-refractivity contribution in [1.82, 2.24) is 19.9 Å². The summed E-state index contributed by atoms with van der Waals surface area (Å²) in [5.74, 6) is -0.364. The smallest absolute Gasteiger partial charge is 0.224 e. The molecular formula is C24H20BrCl2F2N5S. The van der Waals surface area contributed by atoms with E-state index >= 15 is 0 Å². The molecule has 1 aliphatic rings. The molecule has 182 valence electrons. The number of anilines is 1. The van der Waals surface area contributed by atoms with Crippen molar-refractivity contribution in [3.63, 3.8) is 0 Å². The van der Waals surface area contributed by atoms with E-state index in [-0.39, 0.29) is 6.54 Å². The quantitative estimate of drug-likeness (QED) is 0.257. The lowest BCUT2D eigenvalue weighted by Gasteiger charge is -2.24. The van der Waals surface area contributed by atoms with Gasteiger partial charge in [-0.25, -0.2) is 13.8 Å². The first-order chi connectivity index (χ1) is 16.9. The standard InChI is InChI=1S/C24H20BrCl2F2N5S/c25-21-15-11-32-24(31-9-13-4-5-18(28)19(29)8-13)33-23(15)34(12-14-10-30-6-7-35-14)22(21)20-16(26)2-1-3-17(20)27/h1-5,8,11,14,30H,6-7,9-10,12H2,(H,31,32,33). The number of hydrogen-bond donors (Lipinski definition) is 2. The number of thioether (sulfide) groups is 1. The van der Waals surface area contributed by atoms with Crippen molar-refractivity contribution in [2.24, 2.45) is 0 Å². The summed E-state index contributed by atoms with van der Waals surface area (Å²) in [6.07, 6.45) is 1.73. The fraction of sp³-hybridized carbons (Fsp3) is 0.250. The Balaban J connectivity index is 1.57. The van der Waals surface area contributed by atoms with Crippen molar-refractivity contribution in [2.75, 3.05) is 24.2 Å². The van der Waals surface area contributed by atoms with E-state index in [0.717, 1.165) is 57.7 Å². The lowest BCUT2D eigenvalue weighted by Crippen LogP contribution is -2.35. The third-order valence-electron chi connectivity index (χ3n) is 5.76. The van der Waals surface area contributed by atoms with Gasteiger partial charge in [0.2, 0.25) is 5.95 Å². The molecule has 4 aromatic rings. The molecule has 1 saturated heterocycles. The molecule has 2 N–H and O–H groups in total. The summed E-state index contributed by atoms with van der Waals surface area (Å²) in [5, 5.41) is 8.80. The molecule has 5 rings (SSSR count). The number of nitrogens with zero attached hydrogens (tertiary/aromatic N) is 3. The second-order valence-electron chi connectivity index (χ2n) is 8.10. The van der Waals surface area contributed by atoms with Gasteiger partial charge in [0.15, 0.2) is 11.6 Å². The largest absolute Gasteiger partial charge is 0.350 e. The van der Waals surface area contributed by atoms with E-state index in [1.165, 1.54) is 6.07 Å². The van der Waals surface area contributed by atoms with Gasteiger partial charge in [0.25, 0.3) is 0 Å². The average molecular weight is 599 g/mol. The molecule has 0 bridgehead atoms. The van der Waals surface area contributed by atoms with Gasteiger partial charge in [-0.15, -0.1) is 0 Å². The number of aromatic nitrogens is 3. The first-order valence-corrected chi connectivity index (χ1v) is 13.5. The van der Waals surface area contributed by atoms with Crippen LogP contribution in [0, 0.1) is 11.6 Å². The van der Waals surface area contributed by atoms with Gasteiger partial charge in [-0.2, -0.15) is 16.7 Å². The minimum absolute atomic E-state index is 0.246. The maximum absolute atomic E-state index is 13.6. The molecule has 5 nitrogen and oxygen atoms in total. The fourth-order valence-corrected chi connectivity index (χ4v) is 6.44. The Kier molecular flexibility index (Phi) is 7.50. The van der Waals surface area contributed by atoms with Gasteiger partial charge in [0.05, 0.1) is 25.6 Å². The van der Waals surface area contributed by atoms with E-state index in [1.54, 1.807) is 6.20 Å². The van der Waals surface area contributed by atoms with E-state index < -0.39 is 11.6 Å². The van der Waals surface area contributed by atoms with E-state index in [0.29, 0.717) is 33.4 Å². The molecule has 1 fully saturated rings. The van der Waals surface area contributed by atoms with Crippen molar-refractivity contribution in [3.05, 3.63) is 74.3 Å². The molecule has 2 aromatic carbocycles. The third-order valence-corrected chi connectivity index (χ3v) is 8.42. The highest BCUT2D eigenvalue weighted by Crippen LogP contribution is 2.43. The monoisotopic (exact) mass is 597 g/mol. The maximum Gasteiger partial charge on any atom is 0.224 e. The third kappa shape index (κ3) is 5.15. The summed E-state index contributed by atoms with van der Waals surface area (Å²) in [5.41, 5.74) is 2.87. The maximum atomic E-state index is 13.6. The minimum Gasteiger partial charge on any atom is -0.350 e. The van der Waals surface area contributed by atoms with Crippen LogP contribution in [-0.2, 0) is 13.1 Å². The highest BCUT2D eigenvalue weighted by molar-refractivity contribution is 9.10. The number of fused-ring (bicyclic) bond motifs is 1. The summed E-state index contributed by atoms with van der Waals surface area (Å²) in [6.45, 7) is 2.80. The molecular weight excluding hydrogens is 579 g/mol. The number of benzene rings is 2. The molecule has 0 saturated carbocycles. The topological polar surface area (TPSA) is 54.8 Å². The Bertz CT molecular complexity index is 1370. The minimum atomic E-state index is -0.890. The highest BCUT2D eigenvalue weighted by Gasteiger charge is 2.25. The van der Waals surface area contributed by atoms with Gasteiger partial charge in [-0.3, -0.25) is 0 Å². The van der Waals surface area contributed by atoms with Crippen LogP contribution in [0.4, 0.5) is 14.7 Å². The molecule has 11 heteroatoms. The molecule has 1 atom stereocenters. The van der Waals surface area contributed by atoms with Crippen LogP contribution in [0.3, 0.4) is 0 Å². The molecule has 1 aliphatic heterocycles. The lowest BCUT2D eigenvalue weighted by molar-refractivity contribution is 0.507. The zero-order valence-corrected chi connectivity index (χ0v) is 22.2. The first-order valence-electron chi connectivity index (χ1n) is 10.9. The van der Waals surface area contributed by atoms with Crippen molar-refractivity contribution < 1.29 is 8.78 Å². The molecule has 0 radical (unpaired) electrons. The molecule has 3 heterocycles.